The molecular formula is C11H14F3N3O2. The van der Waals surface area contributed by atoms with E-state index in [1.807, 2.05) is 4.90 Å². The summed E-state index contributed by atoms with van der Waals surface area (Å²) in [6, 6.07) is 0. The molecule has 0 spiro atoms. The van der Waals surface area contributed by atoms with Crippen molar-refractivity contribution in [2.75, 3.05) is 18.0 Å². The van der Waals surface area contributed by atoms with E-state index in [1.165, 1.54) is 0 Å². The normalized spacial score (nSPS) is 18.4. The van der Waals surface area contributed by atoms with E-state index >= 15 is 0 Å². The van der Waals surface area contributed by atoms with Gasteiger partial charge in [-0.15, -0.1) is 0 Å². The van der Waals surface area contributed by atoms with Crippen molar-refractivity contribution >= 4 is 11.7 Å². The average molecular weight is 277 g/mol. The highest BCUT2D eigenvalue weighted by Gasteiger charge is 2.44. The summed E-state index contributed by atoms with van der Waals surface area (Å²) in [6.45, 7) is 2.62. The van der Waals surface area contributed by atoms with Gasteiger partial charge in [-0.2, -0.15) is 18.2 Å². The lowest BCUT2D eigenvalue weighted by Crippen LogP contribution is -2.30. The Morgan fingerprint density at radius 1 is 1.32 bits per heavy atom. The van der Waals surface area contributed by atoms with Gasteiger partial charge in [0, 0.05) is 13.1 Å². The number of aromatic nitrogens is 2. The molecule has 2 rings (SSSR count). The summed E-state index contributed by atoms with van der Waals surface area (Å²) in [5.41, 5.74) is 0. The van der Waals surface area contributed by atoms with Crippen LogP contribution in [0, 0.1) is 0 Å². The van der Waals surface area contributed by atoms with Crippen LogP contribution >= 0.6 is 0 Å². The monoisotopic (exact) mass is 277 g/mol. The van der Waals surface area contributed by atoms with Crippen LogP contribution in [-0.4, -0.2) is 35.2 Å². The lowest BCUT2D eigenvalue weighted by atomic mass is 10.1. The highest BCUT2D eigenvalue weighted by atomic mass is 19.4. The van der Waals surface area contributed by atoms with Crippen molar-refractivity contribution in [1.82, 2.24) is 10.1 Å². The van der Waals surface area contributed by atoms with Crippen LogP contribution in [0.3, 0.4) is 0 Å². The van der Waals surface area contributed by atoms with Crippen LogP contribution in [0.2, 0.25) is 0 Å². The average Bonchev–Trinajstić information content (AvgIpc) is 2.86. The Labute approximate surface area is 107 Å². The largest absolute Gasteiger partial charge is 0.450 e. The Kier molecular flexibility index (Phi) is 3.77. The molecule has 1 fully saturated rings. The molecular weight excluding hydrogens is 263 g/mol. The standard InChI is InChI=1S/C11H14F3N3O2/c1-7(8(18)11(12,13)14)9-15-10(16-19-9)17-5-3-2-4-6-17/h7H,2-6H2,1H3. The maximum Gasteiger partial charge on any atom is 0.450 e. The number of piperidine rings is 1. The highest BCUT2D eigenvalue weighted by molar-refractivity contribution is 5.89. The van der Waals surface area contributed by atoms with E-state index in [-0.39, 0.29) is 11.8 Å². The van der Waals surface area contributed by atoms with Crippen molar-refractivity contribution in [3.05, 3.63) is 5.89 Å². The summed E-state index contributed by atoms with van der Waals surface area (Å²) in [7, 11) is 0. The predicted octanol–water partition coefficient (Wildman–Crippen LogP) is 2.29. The van der Waals surface area contributed by atoms with E-state index in [0.29, 0.717) is 0 Å². The van der Waals surface area contributed by atoms with E-state index < -0.39 is 17.9 Å². The van der Waals surface area contributed by atoms with Crippen LogP contribution in [0.1, 0.15) is 38.0 Å². The number of carbonyl (C=O) groups is 1. The van der Waals surface area contributed by atoms with Gasteiger partial charge in [-0.3, -0.25) is 4.79 Å². The van der Waals surface area contributed by atoms with Gasteiger partial charge in [-0.1, -0.05) is 0 Å². The molecule has 1 saturated heterocycles. The zero-order valence-corrected chi connectivity index (χ0v) is 10.4. The van der Waals surface area contributed by atoms with Crippen LogP contribution in [0.5, 0.6) is 0 Å². The fourth-order valence-electron chi connectivity index (χ4n) is 1.98. The molecule has 2 heterocycles. The number of hydrogen-bond acceptors (Lipinski definition) is 5. The number of rotatable bonds is 3. The number of anilines is 1. The zero-order valence-electron chi connectivity index (χ0n) is 10.4. The second kappa shape index (κ2) is 5.18. The fraction of sp³-hybridized carbons (Fsp3) is 0.727. The van der Waals surface area contributed by atoms with Crippen molar-refractivity contribution in [1.29, 1.82) is 0 Å². The Bertz CT molecular complexity index is 452. The number of ketones is 1. The first-order valence-electron chi connectivity index (χ1n) is 6.09. The van der Waals surface area contributed by atoms with E-state index in [1.54, 1.807) is 0 Å². The van der Waals surface area contributed by atoms with E-state index in [4.69, 9.17) is 4.52 Å². The maximum absolute atomic E-state index is 12.3. The number of nitrogens with zero attached hydrogens (tertiary/aromatic N) is 3. The number of halogens is 3. The number of hydrogen-bond donors (Lipinski definition) is 0. The number of carbonyl (C=O) groups excluding carboxylic acids is 1. The quantitative estimate of drug-likeness (QED) is 0.848. The van der Waals surface area contributed by atoms with Crippen molar-refractivity contribution < 1.29 is 22.5 Å². The van der Waals surface area contributed by atoms with Gasteiger partial charge in [0.1, 0.15) is 5.92 Å². The SMILES string of the molecule is CC(C(=O)C(F)(F)F)c1nc(N2CCCCC2)no1. The van der Waals surface area contributed by atoms with Gasteiger partial charge in [-0.05, 0) is 31.3 Å². The van der Waals surface area contributed by atoms with Gasteiger partial charge in [0.05, 0.1) is 0 Å². The zero-order chi connectivity index (χ0) is 14.0. The molecule has 5 nitrogen and oxygen atoms in total. The van der Waals surface area contributed by atoms with Crippen LogP contribution in [0.15, 0.2) is 4.52 Å². The first kappa shape index (κ1) is 13.8. The third-order valence-electron chi connectivity index (χ3n) is 3.11. The van der Waals surface area contributed by atoms with Gasteiger partial charge < -0.3 is 9.42 Å². The smallest absolute Gasteiger partial charge is 0.338 e. The molecule has 1 aromatic heterocycles. The summed E-state index contributed by atoms with van der Waals surface area (Å²) < 4.78 is 41.7. The summed E-state index contributed by atoms with van der Waals surface area (Å²) in [4.78, 5) is 16.8. The molecule has 0 amide bonds. The molecule has 0 aromatic carbocycles. The van der Waals surface area contributed by atoms with E-state index in [9.17, 15) is 18.0 Å². The molecule has 106 valence electrons. The van der Waals surface area contributed by atoms with E-state index in [0.717, 1.165) is 39.3 Å². The van der Waals surface area contributed by atoms with Gasteiger partial charge in [0.15, 0.2) is 0 Å². The van der Waals surface area contributed by atoms with Crippen LogP contribution in [0.25, 0.3) is 0 Å². The van der Waals surface area contributed by atoms with Gasteiger partial charge in [-0.25, -0.2) is 0 Å². The van der Waals surface area contributed by atoms with Gasteiger partial charge in [0.25, 0.3) is 5.95 Å². The second-order valence-electron chi connectivity index (χ2n) is 4.56. The summed E-state index contributed by atoms with van der Waals surface area (Å²) in [5.74, 6) is -3.37. The van der Waals surface area contributed by atoms with Crippen molar-refractivity contribution in [2.45, 2.75) is 38.3 Å². The van der Waals surface area contributed by atoms with Crippen molar-refractivity contribution in [3.8, 4) is 0 Å². The molecule has 0 aliphatic carbocycles. The molecule has 0 N–H and O–H groups in total. The minimum Gasteiger partial charge on any atom is -0.338 e. The Hall–Kier alpha value is -1.60. The molecule has 1 atom stereocenters. The molecule has 0 radical (unpaired) electrons. The molecule has 1 aliphatic heterocycles. The van der Waals surface area contributed by atoms with E-state index in [2.05, 4.69) is 10.1 Å². The molecule has 0 bridgehead atoms. The Morgan fingerprint density at radius 3 is 2.53 bits per heavy atom. The molecule has 19 heavy (non-hydrogen) atoms. The third kappa shape index (κ3) is 3.05. The minimum atomic E-state index is -4.89. The molecule has 1 unspecified atom stereocenters. The van der Waals surface area contributed by atoms with Crippen LogP contribution < -0.4 is 4.90 Å². The first-order valence-corrected chi connectivity index (χ1v) is 6.09. The minimum absolute atomic E-state index is 0.261. The van der Waals surface area contributed by atoms with Crippen molar-refractivity contribution in [2.24, 2.45) is 0 Å². The molecule has 1 aliphatic rings. The first-order chi connectivity index (χ1) is 8.89. The van der Waals surface area contributed by atoms with Crippen molar-refractivity contribution in [3.63, 3.8) is 0 Å². The predicted molar refractivity (Wildman–Crippen MR) is 59.8 cm³/mol. The lowest BCUT2D eigenvalue weighted by Gasteiger charge is -2.24. The van der Waals surface area contributed by atoms with Gasteiger partial charge in [0.2, 0.25) is 11.7 Å². The van der Waals surface area contributed by atoms with Crippen LogP contribution in [0.4, 0.5) is 19.1 Å². The maximum atomic E-state index is 12.3. The molecule has 1 aromatic rings. The number of Topliss-reactive ketones (excluding diaryl/α,β-unsaturated/α-hetero) is 1. The van der Waals surface area contributed by atoms with Gasteiger partial charge >= 0.3 is 6.18 Å². The van der Waals surface area contributed by atoms with Crippen LogP contribution in [-0.2, 0) is 4.79 Å². The highest BCUT2D eigenvalue weighted by Crippen LogP contribution is 2.27. The summed E-state index contributed by atoms with van der Waals surface area (Å²) in [5, 5.41) is 3.65. The molecule has 8 heteroatoms. The fourth-order valence-corrected chi connectivity index (χ4v) is 1.98. The second-order valence-corrected chi connectivity index (χ2v) is 4.56. The Morgan fingerprint density at radius 2 is 1.95 bits per heavy atom. The number of alkyl halides is 3. The Balaban J connectivity index is 2.10. The molecule has 0 saturated carbocycles. The lowest BCUT2D eigenvalue weighted by molar-refractivity contribution is -0.172. The summed E-state index contributed by atoms with van der Waals surface area (Å²) >= 11 is 0. The topological polar surface area (TPSA) is 59.2 Å². The third-order valence-corrected chi connectivity index (χ3v) is 3.11. The summed E-state index contributed by atoms with van der Waals surface area (Å²) in [6.07, 6.45) is -1.80.